The van der Waals surface area contributed by atoms with Crippen LogP contribution in [0.25, 0.3) is 22.3 Å². The summed E-state index contributed by atoms with van der Waals surface area (Å²) in [4.78, 5) is 12.7. The average Bonchev–Trinajstić information content (AvgIpc) is 2.75. The molecule has 0 amide bonds. The highest BCUT2D eigenvalue weighted by molar-refractivity contribution is 5.92. The normalized spacial score (nSPS) is 11.2. The van der Waals surface area contributed by atoms with Gasteiger partial charge in [0, 0.05) is 18.7 Å². The molecule has 20 heavy (non-hydrogen) atoms. The third kappa shape index (κ3) is 1.61. The molecule has 0 unspecified atom stereocenters. The molecule has 0 spiro atoms. The van der Waals surface area contributed by atoms with E-state index in [0.29, 0.717) is 5.69 Å². The predicted molar refractivity (Wildman–Crippen MR) is 75.3 cm³/mol. The van der Waals surface area contributed by atoms with Crippen molar-refractivity contribution in [1.82, 2.24) is 14.5 Å². The monoisotopic (exact) mass is 272 g/mol. The summed E-state index contributed by atoms with van der Waals surface area (Å²) in [6, 6.07) is 8.46. The fraction of sp³-hybridized carbons (Fsp3) is 0.143. The Morgan fingerprint density at radius 2 is 2.00 bits per heavy atom. The van der Waals surface area contributed by atoms with Gasteiger partial charge in [-0.25, -0.2) is 4.39 Å². The summed E-state index contributed by atoms with van der Waals surface area (Å²) in [6.45, 7) is 1.91. The van der Waals surface area contributed by atoms with Gasteiger partial charge in [0.1, 0.15) is 11.5 Å². The first-order valence-corrected chi connectivity index (χ1v) is 6.10. The van der Waals surface area contributed by atoms with E-state index in [1.54, 1.807) is 0 Å². The lowest BCUT2D eigenvalue weighted by atomic mass is 10.0. The van der Waals surface area contributed by atoms with Crippen molar-refractivity contribution in [3.05, 3.63) is 52.1 Å². The maximum Gasteiger partial charge on any atom is 0.254 e. The van der Waals surface area contributed by atoms with Crippen LogP contribution in [0.2, 0.25) is 0 Å². The highest BCUT2D eigenvalue weighted by Gasteiger charge is 2.19. The lowest BCUT2D eigenvalue weighted by Gasteiger charge is -2.04. The van der Waals surface area contributed by atoms with Crippen LogP contribution in [-0.2, 0) is 7.05 Å². The highest BCUT2D eigenvalue weighted by Crippen LogP contribution is 2.30. The average molecular weight is 272 g/mol. The van der Waals surface area contributed by atoms with Crippen LogP contribution < -0.4 is 11.4 Å². The summed E-state index contributed by atoms with van der Waals surface area (Å²) < 4.78 is 15.5. The summed E-state index contributed by atoms with van der Waals surface area (Å²) in [5.74, 6) is 5.17. The second kappa shape index (κ2) is 4.19. The third-order valence-corrected chi connectivity index (χ3v) is 3.42. The van der Waals surface area contributed by atoms with E-state index >= 15 is 0 Å². The molecule has 0 radical (unpaired) electrons. The predicted octanol–water partition coefficient (Wildman–Crippen LogP) is 1.56. The first-order valence-electron chi connectivity index (χ1n) is 6.10. The summed E-state index contributed by atoms with van der Waals surface area (Å²) in [7, 11) is 1.54. The molecule has 2 heterocycles. The number of benzene rings is 1. The molecule has 0 bridgehead atoms. The summed E-state index contributed by atoms with van der Waals surface area (Å²) in [5.41, 5.74) is 1.99. The van der Waals surface area contributed by atoms with Gasteiger partial charge in [-0.3, -0.25) is 9.36 Å². The van der Waals surface area contributed by atoms with E-state index in [4.69, 9.17) is 5.84 Å². The van der Waals surface area contributed by atoms with Gasteiger partial charge in [0.25, 0.3) is 5.56 Å². The largest absolute Gasteiger partial charge is 0.321 e. The molecule has 1 aromatic carbocycles. The van der Waals surface area contributed by atoms with E-state index < -0.39 is 11.4 Å². The number of aryl methyl sites for hydroxylation is 2. The lowest BCUT2D eigenvalue weighted by Crippen LogP contribution is -2.21. The van der Waals surface area contributed by atoms with Crippen molar-refractivity contribution < 1.29 is 4.39 Å². The van der Waals surface area contributed by atoms with Crippen molar-refractivity contribution in [3.63, 3.8) is 0 Å². The topological polar surface area (TPSA) is 65.8 Å². The summed E-state index contributed by atoms with van der Waals surface area (Å²) in [5, 5.41) is 4.43. The van der Waals surface area contributed by atoms with Gasteiger partial charge in [-0.1, -0.05) is 24.3 Å². The maximum absolute atomic E-state index is 14.2. The van der Waals surface area contributed by atoms with Crippen LogP contribution in [0.1, 0.15) is 5.56 Å². The summed E-state index contributed by atoms with van der Waals surface area (Å²) in [6.07, 6.45) is 0. The Morgan fingerprint density at radius 3 is 2.70 bits per heavy atom. The van der Waals surface area contributed by atoms with Crippen molar-refractivity contribution in [2.24, 2.45) is 7.05 Å². The second-order valence-electron chi connectivity index (χ2n) is 4.70. The molecule has 5 nitrogen and oxygen atoms in total. The van der Waals surface area contributed by atoms with Gasteiger partial charge in [-0.05, 0) is 12.5 Å². The Labute approximate surface area is 114 Å². The molecule has 0 fully saturated rings. The van der Waals surface area contributed by atoms with Gasteiger partial charge < -0.3 is 5.84 Å². The second-order valence-corrected chi connectivity index (χ2v) is 4.70. The van der Waals surface area contributed by atoms with Gasteiger partial charge in [-0.15, -0.1) is 5.10 Å². The van der Waals surface area contributed by atoms with Crippen molar-refractivity contribution >= 4 is 11.0 Å². The molecule has 0 aliphatic rings. The number of hydrogen-bond acceptors (Lipinski definition) is 3. The molecule has 6 heteroatoms. The Bertz CT molecular complexity index is 879. The SMILES string of the molecule is Cc1ccccc1-c1nn(N)c2c1c(F)cc(=O)n2C. The number of aromatic nitrogens is 3. The van der Waals surface area contributed by atoms with E-state index in [1.165, 1.54) is 11.6 Å². The van der Waals surface area contributed by atoms with Gasteiger partial charge >= 0.3 is 0 Å². The van der Waals surface area contributed by atoms with E-state index in [2.05, 4.69) is 5.10 Å². The first kappa shape index (κ1) is 12.4. The standard InChI is InChI=1S/C14H13FN4O/c1-8-5-3-4-6-9(8)13-12-10(15)7-11(20)18(2)14(12)19(16)17-13/h3-7H,16H2,1-2H3. The number of nitrogens with zero attached hydrogens (tertiary/aromatic N) is 3. The Balaban J connectivity index is 2.49. The quantitative estimate of drug-likeness (QED) is 0.684. The molecule has 0 atom stereocenters. The fourth-order valence-electron chi connectivity index (χ4n) is 2.38. The molecular formula is C14H13FN4O. The van der Waals surface area contributed by atoms with Gasteiger partial charge in [0.15, 0.2) is 5.65 Å². The molecule has 0 saturated heterocycles. The van der Waals surface area contributed by atoms with Crippen LogP contribution in [0.4, 0.5) is 4.39 Å². The number of halogens is 1. The maximum atomic E-state index is 14.2. The van der Waals surface area contributed by atoms with Gasteiger partial charge in [0.05, 0.1) is 5.39 Å². The number of rotatable bonds is 1. The van der Waals surface area contributed by atoms with Crippen molar-refractivity contribution in [1.29, 1.82) is 0 Å². The van der Waals surface area contributed by atoms with Crippen molar-refractivity contribution in [2.75, 3.05) is 5.84 Å². The van der Waals surface area contributed by atoms with Gasteiger partial charge in [-0.2, -0.15) is 4.79 Å². The molecule has 2 N–H and O–H groups in total. The van der Waals surface area contributed by atoms with E-state index in [1.807, 2.05) is 31.2 Å². The number of nitrogens with two attached hydrogens (primary N) is 1. The minimum atomic E-state index is -0.613. The molecule has 0 aliphatic heterocycles. The van der Waals surface area contributed by atoms with Crippen LogP contribution in [0.3, 0.4) is 0 Å². The van der Waals surface area contributed by atoms with Crippen molar-refractivity contribution in [3.8, 4) is 11.3 Å². The van der Waals surface area contributed by atoms with Crippen LogP contribution in [-0.4, -0.2) is 14.5 Å². The van der Waals surface area contributed by atoms with Crippen LogP contribution >= 0.6 is 0 Å². The lowest BCUT2D eigenvalue weighted by molar-refractivity contribution is 0.631. The molecule has 3 rings (SSSR count). The van der Waals surface area contributed by atoms with Crippen LogP contribution in [0.15, 0.2) is 35.1 Å². The van der Waals surface area contributed by atoms with Gasteiger partial charge in [0.2, 0.25) is 0 Å². The molecule has 0 saturated carbocycles. The molecule has 0 aliphatic carbocycles. The minimum Gasteiger partial charge on any atom is -0.321 e. The van der Waals surface area contributed by atoms with Crippen LogP contribution in [0.5, 0.6) is 0 Å². The van der Waals surface area contributed by atoms with E-state index in [9.17, 15) is 9.18 Å². The van der Waals surface area contributed by atoms with Crippen molar-refractivity contribution in [2.45, 2.75) is 6.92 Å². The highest BCUT2D eigenvalue weighted by atomic mass is 19.1. The zero-order valence-corrected chi connectivity index (χ0v) is 11.1. The zero-order chi connectivity index (χ0) is 14.4. The Hall–Kier alpha value is -2.63. The number of pyridine rings is 1. The number of nitrogen functional groups attached to an aromatic ring is 1. The van der Waals surface area contributed by atoms with Crippen LogP contribution in [0, 0.1) is 12.7 Å². The Kier molecular flexibility index (Phi) is 2.60. The molecule has 3 aromatic rings. The third-order valence-electron chi connectivity index (χ3n) is 3.42. The Morgan fingerprint density at radius 1 is 1.30 bits per heavy atom. The first-order chi connectivity index (χ1) is 9.50. The number of hydrogen-bond donors (Lipinski definition) is 1. The minimum absolute atomic E-state index is 0.254. The summed E-state index contributed by atoms with van der Waals surface area (Å²) >= 11 is 0. The molecule has 102 valence electrons. The van der Waals surface area contributed by atoms with E-state index in [-0.39, 0.29) is 11.0 Å². The molecule has 2 aromatic heterocycles. The molecular weight excluding hydrogens is 259 g/mol. The zero-order valence-electron chi connectivity index (χ0n) is 11.1. The van der Waals surface area contributed by atoms with E-state index in [0.717, 1.165) is 22.0 Å². The fourth-order valence-corrected chi connectivity index (χ4v) is 2.38. The smallest absolute Gasteiger partial charge is 0.254 e. The number of fused-ring (bicyclic) bond motifs is 1.